The van der Waals surface area contributed by atoms with Gasteiger partial charge in [0.25, 0.3) is 5.56 Å². The van der Waals surface area contributed by atoms with Crippen LogP contribution >= 0.6 is 0 Å². The summed E-state index contributed by atoms with van der Waals surface area (Å²) in [5.74, 6) is 1.68. The number of fused-ring (bicyclic) bond motifs is 1. The minimum absolute atomic E-state index is 0.00170. The highest BCUT2D eigenvalue weighted by molar-refractivity contribution is 5.77. The first kappa shape index (κ1) is 18.8. The number of benzene rings is 1. The Morgan fingerprint density at radius 3 is 2.86 bits per heavy atom. The van der Waals surface area contributed by atoms with Crippen LogP contribution in [-0.4, -0.2) is 39.9 Å². The van der Waals surface area contributed by atoms with Gasteiger partial charge in [-0.25, -0.2) is 4.98 Å². The molecule has 1 atom stereocenters. The summed E-state index contributed by atoms with van der Waals surface area (Å²) in [5, 5.41) is 4.73. The van der Waals surface area contributed by atoms with Crippen LogP contribution in [0.15, 0.2) is 33.6 Å². The fraction of sp³-hybridized carbons (Fsp3) is 0.476. The van der Waals surface area contributed by atoms with Crippen LogP contribution in [0.4, 0.5) is 0 Å². The molecule has 7 nitrogen and oxygen atoms in total. The number of ether oxygens (including phenoxy) is 1. The van der Waals surface area contributed by atoms with Crippen LogP contribution in [-0.2, 0) is 17.8 Å². The third-order valence-electron chi connectivity index (χ3n) is 5.61. The topological polar surface area (TPSA) is 73.4 Å². The molecule has 148 valence electrons. The van der Waals surface area contributed by atoms with Crippen LogP contribution in [0.3, 0.4) is 0 Å². The number of likely N-dealkylation sites (tertiary alicyclic amines) is 1. The van der Waals surface area contributed by atoms with E-state index < -0.39 is 0 Å². The average molecular weight is 382 g/mol. The Labute approximate surface area is 163 Å². The van der Waals surface area contributed by atoms with E-state index in [0.29, 0.717) is 18.5 Å². The van der Waals surface area contributed by atoms with Gasteiger partial charge in [0.1, 0.15) is 11.6 Å². The van der Waals surface area contributed by atoms with E-state index in [0.717, 1.165) is 54.3 Å². The molecule has 1 aliphatic rings. The number of methoxy groups -OCH3 is 1. The number of rotatable bonds is 6. The van der Waals surface area contributed by atoms with Crippen LogP contribution in [0.1, 0.15) is 41.7 Å². The van der Waals surface area contributed by atoms with Gasteiger partial charge in [0.05, 0.1) is 35.8 Å². The first-order chi connectivity index (χ1) is 13.6. The van der Waals surface area contributed by atoms with Gasteiger partial charge >= 0.3 is 0 Å². The second-order valence-corrected chi connectivity index (χ2v) is 7.37. The Morgan fingerprint density at radius 2 is 2.11 bits per heavy atom. The second-order valence-electron chi connectivity index (χ2n) is 7.37. The molecule has 2 aromatic heterocycles. The Bertz CT molecular complexity index is 1020. The van der Waals surface area contributed by atoms with E-state index in [2.05, 4.69) is 10.1 Å². The lowest BCUT2D eigenvalue weighted by Gasteiger charge is -2.26. The van der Waals surface area contributed by atoms with E-state index in [9.17, 15) is 4.79 Å². The van der Waals surface area contributed by atoms with Crippen molar-refractivity contribution in [3.63, 3.8) is 0 Å². The summed E-state index contributed by atoms with van der Waals surface area (Å²) >= 11 is 0. The lowest BCUT2D eigenvalue weighted by molar-refractivity contribution is 0.178. The van der Waals surface area contributed by atoms with E-state index in [4.69, 9.17) is 14.2 Å². The molecule has 0 saturated carbocycles. The molecule has 1 unspecified atom stereocenters. The summed E-state index contributed by atoms with van der Waals surface area (Å²) in [5.41, 5.74) is 2.80. The summed E-state index contributed by atoms with van der Waals surface area (Å²) in [4.78, 5) is 20.5. The molecule has 0 amide bonds. The Morgan fingerprint density at radius 1 is 1.29 bits per heavy atom. The van der Waals surface area contributed by atoms with Crippen LogP contribution in [0.25, 0.3) is 10.9 Å². The van der Waals surface area contributed by atoms with Gasteiger partial charge in [-0.15, -0.1) is 0 Å². The fourth-order valence-corrected chi connectivity index (χ4v) is 4.08. The van der Waals surface area contributed by atoms with Crippen molar-refractivity contribution in [2.24, 2.45) is 0 Å². The third-order valence-corrected chi connectivity index (χ3v) is 5.61. The van der Waals surface area contributed by atoms with E-state index >= 15 is 0 Å². The molecule has 0 aliphatic carbocycles. The zero-order chi connectivity index (χ0) is 19.7. The van der Waals surface area contributed by atoms with Gasteiger partial charge in [-0.3, -0.25) is 14.3 Å². The van der Waals surface area contributed by atoms with E-state index in [1.807, 2.05) is 38.1 Å². The standard InChI is InChI=1S/C21H26N4O3/c1-14-17(15(2)28-23-14)13-24-10-6-9-19(24)20-22-18-8-5-4-7-16(18)21(26)25(20)11-12-27-3/h4-5,7-8,19H,6,9-13H2,1-3H3. The molecule has 0 radical (unpaired) electrons. The third kappa shape index (κ3) is 3.36. The molecule has 1 aliphatic heterocycles. The predicted octanol–water partition coefficient (Wildman–Crippen LogP) is 2.98. The van der Waals surface area contributed by atoms with Gasteiger partial charge in [0, 0.05) is 19.2 Å². The average Bonchev–Trinajstić information content (AvgIpc) is 3.29. The lowest BCUT2D eigenvalue weighted by atomic mass is 10.1. The number of hydrogen-bond acceptors (Lipinski definition) is 6. The maximum absolute atomic E-state index is 13.2. The van der Waals surface area contributed by atoms with Gasteiger partial charge in [-0.05, 0) is 45.4 Å². The number of aryl methyl sites for hydroxylation is 2. The zero-order valence-corrected chi connectivity index (χ0v) is 16.6. The van der Waals surface area contributed by atoms with Gasteiger partial charge in [0.2, 0.25) is 0 Å². The van der Waals surface area contributed by atoms with E-state index in [-0.39, 0.29) is 11.6 Å². The smallest absolute Gasteiger partial charge is 0.261 e. The summed E-state index contributed by atoms with van der Waals surface area (Å²) in [6.45, 7) is 6.60. The van der Waals surface area contributed by atoms with Gasteiger partial charge in [-0.1, -0.05) is 17.3 Å². The van der Waals surface area contributed by atoms with Crippen molar-refractivity contribution in [2.45, 2.75) is 45.8 Å². The molecule has 0 bridgehead atoms. The SMILES string of the molecule is COCCn1c(C2CCCN2Cc2c(C)noc2C)nc2ccccc2c1=O. The Kier molecular flexibility index (Phi) is 5.28. The number of nitrogens with zero attached hydrogens (tertiary/aromatic N) is 4. The molecule has 3 heterocycles. The Hall–Kier alpha value is -2.51. The molecular weight excluding hydrogens is 356 g/mol. The van der Waals surface area contributed by atoms with Crippen molar-refractivity contribution in [1.29, 1.82) is 0 Å². The largest absolute Gasteiger partial charge is 0.383 e. The first-order valence-electron chi connectivity index (χ1n) is 9.74. The zero-order valence-electron chi connectivity index (χ0n) is 16.6. The lowest BCUT2D eigenvalue weighted by Crippen LogP contribution is -2.33. The maximum atomic E-state index is 13.2. The number of aromatic nitrogens is 3. The minimum Gasteiger partial charge on any atom is -0.383 e. The second kappa shape index (κ2) is 7.85. The molecule has 1 aromatic carbocycles. The molecule has 28 heavy (non-hydrogen) atoms. The van der Waals surface area contributed by atoms with E-state index in [1.54, 1.807) is 11.7 Å². The number of hydrogen-bond donors (Lipinski definition) is 0. The maximum Gasteiger partial charge on any atom is 0.261 e. The van der Waals surface area contributed by atoms with Gasteiger partial charge in [0.15, 0.2) is 0 Å². The molecule has 4 rings (SSSR count). The molecule has 3 aromatic rings. The summed E-state index contributed by atoms with van der Waals surface area (Å²) in [6, 6.07) is 7.64. The van der Waals surface area contributed by atoms with Crippen molar-refractivity contribution in [1.82, 2.24) is 19.6 Å². The monoisotopic (exact) mass is 382 g/mol. The van der Waals surface area contributed by atoms with Crippen molar-refractivity contribution in [2.75, 3.05) is 20.3 Å². The Balaban J connectivity index is 1.76. The normalized spacial score (nSPS) is 17.6. The van der Waals surface area contributed by atoms with Crippen molar-refractivity contribution < 1.29 is 9.26 Å². The number of para-hydroxylation sites is 1. The summed E-state index contributed by atoms with van der Waals surface area (Å²) < 4.78 is 12.4. The predicted molar refractivity (Wildman–Crippen MR) is 106 cm³/mol. The van der Waals surface area contributed by atoms with Crippen LogP contribution in [0.5, 0.6) is 0 Å². The van der Waals surface area contributed by atoms with Crippen molar-refractivity contribution >= 4 is 10.9 Å². The molecule has 1 saturated heterocycles. The molecule has 1 fully saturated rings. The molecular formula is C21H26N4O3. The van der Waals surface area contributed by atoms with Crippen LogP contribution in [0.2, 0.25) is 0 Å². The molecule has 0 spiro atoms. The van der Waals surface area contributed by atoms with E-state index in [1.165, 1.54) is 0 Å². The van der Waals surface area contributed by atoms with Crippen LogP contribution < -0.4 is 5.56 Å². The quantitative estimate of drug-likeness (QED) is 0.653. The first-order valence-corrected chi connectivity index (χ1v) is 9.74. The van der Waals surface area contributed by atoms with Gasteiger partial charge in [-0.2, -0.15) is 0 Å². The highest BCUT2D eigenvalue weighted by Crippen LogP contribution is 2.33. The van der Waals surface area contributed by atoms with Gasteiger partial charge < -0.3 is 9.26 Å². The fourth-order valence-electron chi connectivity index (χ4n) is 4.08. The van der Waals surface area contributed by atoms with Crippen molar-refractivity contribution in [3.05, 3.63) is 57.5 Å². The van der Waals surface area contributed by atoms with Crippen LogP contribution in [0, 0.1) is 13.8 Å². The summed E-state index contributed by atoms with van der Waals surface area (Å²) in [7, 11) is 1.65. The summed E-state index contributed by atoms with van der Waals surface area (Å²) in [6.07, 6.45) is 2.04. The molecule has 0 N–H and O–H groups in total. The van der Waals surface area contributed by atoms with Crippen molar-refractivity contribution in [3.8, 4) is 0 Å². The highest BCUT2D eigenvalue weighted by Gasteiger charge is 2.31. The highest BCUT2D eigenvalue weighted by atomic mass is 16.5. The minimum atomic E-state index is 0.00170. The molecule has 7 heteroatoms.